The average Bonchev–Trinajstić information content (AvgIpc) is 3.52. The summed E-state index contributed by atoms with van der Waals surface area (Å²) in [5.74, 6) is -1.94. The zero-order valence-electron chi connectivity index (χ0n) is 22.2. The van der Waals surface area contributed by atoms with Crippen LogP contribution in [-0.2, 0) is 40.3 Å². The van der Waals surface area contributed by atoms with Crippen LogP contribution in [0.2, 0.25) is 0 Å². The average molecular weight is 547 g/mol. The molecule has 0 unspecified atom stereocenters. The fourth-order valence-electron chi connectivity index (χ4n) is 5.51. The highest BCUT2D eigenvalue weighted by atomic mass is 19.1. The van der Waals surface area contributed by atoms with E-state index in [-0.39, 0.29) is 30.7 Å². The topological polar surface area (TPSA) is 131 Å². The van der Waals surface area contributed by atoms with Crippen LogP contribution in [0.15, 0.2) is 48.8 Å². The van der Waals surface area contributed by atoms with Gasteiger partial charge in [-0.15, -0.1) is 0 Å². The number of aryl methyl sites for hydroxylation is 2. The van der Waals surface area contributed by atoms with Crippen molar-refractivity contribution in [3.63, 3.8) is 0 Å². The van der Waals surface area contributed by atoms with E-state index in [1.165, 1.54) is 12.1 Å². The number of carbonyl (C=O) groups is 4. The van der Waals surface area contributed by atoms with Crippen molar-refractivity contribution >= 4 is 23.8 Å². The Bertz CT molecular complexity index is 1480. The summed E-state index contributed by atoms with van der Waals surface area (Å²) in [6.07, 6.45) is 5.88. The summed E-state index contributed by atoms with van der Waals surface area (Å²) in [6.45, 7) is 0.385. The molecule has 1 aromatic heterocycles. The number of likely N-dealkylation sites (N-methyl/N-ethyl adjacent to an activating group) is 1. The number of benzene rings is 2. The highest BCUT2D eigenvalue weighted by molar-refractivity contribution is 6.01. The highest BCUT2D eigenvalue weighted by Crippen LogP contribution is 2.37. The second-order valence-corrected chi connectivity index (χ2v) is 10.2. The van der Waals surface area contributed by atoms with Gasteiger partial charge in [0.1, 0.15) is 18.9 Å². The fraction of sp³-hybridized carbons (Fsp3) is 0.345. The van der Waals surface area contributed by atoms with Crippen LogP contribution in [0.25, 0.3) is 11.1 Å². The number of amides is 5. The monoisotopic (exact) mass is 546 g/mol. The zero-order chi connectivity index (χ0) is 28.4. The molecule has 1 aliphatic carbocycles. The standard InChI is InChI=1S/C29H31FN6O4/c1-32-26(37)16-35-15-22(13-33-35)19-5-8-24-20(11-19)6-9-25(24)28(39)36(29(31)40)17-27(38)34-10-2-3-18-12-23(30)7-4-21(18)14-34/h4-5,7-8,11-13,15,25H,2-3,6,9-10,14,16-17H2,1H3,(H2,31,40)(H,32,37)/t25-/m0/s1. The van der Waals surface area contributed by atoms with Gasteiger partial charge < -0.3 is 16.0 Å². The zero-order valence-corrected chi connectivity index (χ0v) is 22.2. The molecule has 5 rings (SSSR count). The molecule has 10 nitrogen and oxygen atoms in total. The summed E-state index contributed by atoms with van der Waals surface area (Å²) >= 11 is 0. The molecule has 0 saturated carbocycles. The molecule has 3 aromatic rings. The first-order chi connectivity index (χ1) is 19.2. The Morgan fingerprint density at radius 2 is 1.90 bits per heavy atom. The Hall–Kier alpha value is -4.54. The summed E-state index contributed by atoms with van der Waals surface area (Å²) in [5.41, 5.74) is 10.8. The van der Waals surface area contributed by atoms with E-state index >= 15 is 0 Å². The van der Waals surface area contributed by atoms with Gasteiger partial charge in [-0.3, -0.25) is 24.0 Å². The summed E-state index contributed by atoms with van der Waals surface area (Å²) in [6, 6.07) is 9.29. The molecule has 5 amide bonds. The van der Waals surface area contributed by atoms with E-state index in [2.05, 4.69) is 10.4 Å². The Kier molecular flexibility index (Phi) is 7.63. The summed E-state index contributed by atoms with van der Waals surface area (Å²) in [7, 11) is 1.57. The molecule has 0 bridgehead atoms. The lowest BCUT2D eigenvalue weighted by atomic mass is 9.97. The Morgan fingerprint density at radius 1 is 1.07 bits per heavy atom. The first-order valence-corrected chi connectivity index (χ1v) is 13.3. The molecule has 0 radical (unpaired) electrons. The molecule has 0 spiro atoms. The van der Waals surface area contributed by atoms with Gasteiger partial charge in [-0.25, -0.2) is 9.18 Å². The molecule has 1 aliphatic heterocycles. The Morgan fingerprint density at radius 3 is 2.67 bits per heavy atom. The molecule has 1 atom stereocenters. The van der Waals surface area contributed by atoms with Crippen LogP contribution in [0, 0.1) is 5.82 Å². The first-order valence-electron chi connectivity index (χ1n) is 13.3. The second-order valence-electron chi connectivity index (χ2n) is 10.2. The number of carbonyl (C=O) groups excluding carboxylic acids is 4. The number of nitrogens with one attached hydrogen (secondary N) is 1. The van der Waals surface area contributed by atoms with Gasteiger partial charge in [-0.2, -0.15) is 5.10 Å². The number of urea groups is 1. The summed E-state index contributed by atoms with van der Waals surface area (Å²) in [5, 5.41) is 6.80. The lowest BCUT2D eigenvalue weighted by molar-refractivity contribution is -0.139. The van der Waals surface area contributed by atoms with Crippen molar-refractivity contribution in [1.82, 2.24) is 24.9 Å². The van der Waals surface area contributed by atoms with Crippen LogP contribution < -0.4 is 11.1 Å². The van der Waals surface area contributed by atoms with Gasteiger partial charge in [0.15, 0.2) is 0 Å². The Labute approximate surface area is 230 Å². The van der Waals surface area contributed by atoms with E-state index in [1.807, 2.05) is 18.2 Å². The van der Waals surface area contributed by atoms with Gasteiger partial charge in [0.05, 0.1) is 12.1 Å². The maximum absolute atomic E-state index is 13.7. The van der Waals surface area contributed by atoms with Gasteiger partial charge >= 0.3 is 6.03 Å². The predicted octanol–water partition coefficient (Wildman–Crippen LogP) is 2.35. The number of aromatic nitrogens is 2. The highest BCUT2D eigenvalue weighted by Gasteiger charge is 2.35. The number of primary amides is 1. The van der Waals surface area contributed by atoms with Gasteiger partial charge in [-0.1, -0.05) is 24.3 Å². The van der Waals surface area contributed by atoms with Crippen LogP contribution in [0.5, 0.6) is 0 Å². The predicted molar refractivity (Wildman–Crippen MR) is 144 cm³/mol. The van der Waals surface area contributed by atoms with Crippen molar-refractivity contribution in [2.75, 3.05) is 20.1 Å². The minimum Gasteiger partial charge on any atom is -0.358 e. The largest absolute Gasteiger partial charge is 0.358 e. The third kappa shape index (κ3) is 5.58. The molecule has 3 N–H and O–H groups in total. The van der Waals surface area contributed by atoms with E-state index in [0.717, 1.165) is 38.3 Å². The quantitative estimate of drug-likeness (QED) is 0.490. The van der Waals surface area contributed by atoms with E-state index in [4.69, 9.17) is 5.73 Å². The molecule has 2 aromatic carbocycles. The Balaban J connectivity index is 1.29. The van der Waals surface area contributed by atoms with Crippen molar-refractivity contribution in [3.8, 4) is 11.1 Å². The molecule has 11 heteroatoms. The van der Waals surface area contributed by atoms with Gasteiger partial charge in [0, 0.05) is 31.9 Å². The molecule has 40 heavy (non-hydrogen) atoms. The number of hydrogen-bond donors (Lipinski definition) is 2. The van der Waals surface area contributed by atoms with Gasteiger partial charge in [-0.05, 0) is 65.6 Å². The number of fused-ring (bicyclic) bond motifs is 2. The number of imide groups is 1. The molecule has 0 saturated heterocycles. The number of nitrogens with two attached hydrogens (primary N) is 1. The van der Waals surface area contributed by atoms with E-state index in [0.29, 0.717) is 32.2 Å². The molecule has 2 heterocycles. The molecule has 0 fully saturated rings. The molecular weight excluding hydrogens is 515 g/mol. The van der Waals surface area contributed by atoms with E-state index in [1.54, 1.807) is 35.1 Å². The molecule has 2 aliphatic rings. The maximum Gasteiger partial charge on any atom is 0.321 e. The van der Waals surface area contributed by atoms with E-state index in [9.17, 15) is 23.6 Å². The van der Waals surface area contributed by atoms with Crippen LogP contribution >= 0.6 is 0 Å². The summed E-state index contributed by atoms with van der Waals surface area (Å²) in [4.78, 5) is 53.2. The lowest BCUT2D eigenvalue weighted by Gasteiger charge is -2.26. The van der Waals surface area contributed by atoms with Crippen molar-refractivity contribution in [2.24, 2.45) is 5.73 Å². The van der Waals surface area contributed by atoms with Crippen molar-refractivity contribution in [3.05, 3.63) is 76.9 Å². The van der Waals surface area contributed by atoms with Crippen LogP contribution in [0.3, 0.4) is 0 Å². The minimum absolute atomic E-state index is 0.113. The minimum atomic E-state index is -0.968. The smallest absolute Gasteiger partial charge is 0.321 e. The van der Waals surface area contributed by atoms with Gasteiger partial charge in [0.25, 0.3) is 0 Å². The molecule has 208 valence electrons. The van der Waals surface area contributed by atoms with Crippen LogP contribution in [-0.4, -0.2) is 63.5 Å². The third-order valence-electron chi connectivity index (χ3n) is 7.65. The van der Waals surface area contributed by atoms with Crippen LogP contribution in [0.1, 0.15) is 41.0 Å². The normalized spacial score (nSPS) is 16.1. The number of halogens is 1. The lowest BCUT2D eigenvalue weighted by Crippen LogP contribution is -2.49. The third-order valence-corrected chi connectivity index (χ3v) is 7.65. The first kappa shape index (κ1) is 27.0. The van der Waals surface area contributed by atoms with Crippen LogP contribution in [0.4, 0.5) is 9.18 Å². The fourth-order valence-corrected chi connectivity index (χ4v) is 5.51. The second kappa shape index (κ2) is 11.3. The summed E-state index contributed by atoms with van der Waals surface area (Å²) < 4.78 is 15.2. The van der Waals surface area contributed by atoms with Crippen molar-refractivity contribution < 1.29 is 23.6 Å². The maximum atomic E-state index is 13.7. The SMILES string of the molecule is CNC(=O)Cn1cc(-c2ccc3c(c2)CC[C@@H]3C(=O)N(CC(=O)N2CCCc3cc(F)ccc3C2)C(N)=O)cn1. The van der Waals surface area contributed by atoms with Crippen molar-refractivity contribution in [1.29, 1.82) is 0 Å². The van der Waals surface area contributed by atoms with Gasteiger partial charge in [0.2, 0.25) is 17.7 Å². The van der Waals surface area contributed by atoms with E-state index < -0.39 is 24.4 Å². The molecular formula is C29H31FN6O4. The number of rotatable bonds is 6. The van der Waals surface area contributed by atoms with Crippen molar-refractivity contribution in [2.45, 2.75) is 44.7 Å². The number of hydrogen-bond acceptors (Lipinski definition) is 5. The number of nitrogens with zero attached hydrogens (tertiary/aromatic N) is 4.